The van der Waals surface area contributed by atoms with Gasteiger partial charge in [-0.25, -0.2) is 0 Å². The molecule has 0 fully saturated rings. The van der Waals surface area contributed by atoms with Crippen molar-refractivity contribution in [1.29, 1.82) is 0 Å². The van der Waals surface area contributed by atoms with Gasteiger partial charge in [-0.05, 0) is 36.1 Å². The second kappa shape index (κ2) is 5.44. The molecule has 1 atom stereocenters. The molecule has 1 aromatic heterocycles. The molecular weight excluding hydrogens is 264 g/mol. The molecule has 3 N–H and O–H groups in total. The minimum Gasteiger partial charge on any atom is -0.409 e. The predicted octanol–water partition coefficient (Wildman–Crippen LogP) is 2.51. The van der Waals surface area contributed by atoms with E-state index < -0.39 is 0 Å². The lowest BCUT2D eigenvalue weighted by molar-refractivity contribution is 0.318. The topological polar surface area (TPSA) is 74.7 Å². The maximum absolute atomic E-state index is 8.80. The normalized spacial score (nSPS) is 18.4. The molecule has 108 valence electrons. The van der Waals surface area contributed by atoms with Crippen molar-refractivity contribution >= 4 is 17.2 Å². The van der Waals surface area contributed by atoms with Gasteiger partial charge < -0.3 is 15.8 Å². The summed E-state index contributed by atoms with van der Waals surface area (Å²) in [4.78, 5) is 6.40. The molecule has 0 amide bonds. The van der Waals surface area contributed by atoms with Crippen molar-refractivity contribution in [2.45, 2.75) is 13.3 Å². The van der Waals surface area contributed by atoms with Crippen LogP contribution in [-0.4, -0.2) is 22.6 Å². The van der Waals surface area contributed by atoms with Crippen LogP contribution in [0.25, 0.3) is 0 Å². The van der Waals surface area contributed by atoms with Crippen LogP contribution in [0.3, 0.4) is 0 Å². The average Bonchev–Trinajstić information content (AvgIpc) is 2.53. The molecule has 5 heteroatoms. The lowest BCUT2D eigenvalue weighted by Gasteiger charge is -2.35. The molecule has 21 heavy (non-hydrogen) atoms. The molecule has 3 rings (SSSR count). The highest BCUT2D eigenvalue weighted by Crippen LogP contribution is 2.35. The van der Waals surface area contributed by atoms with Crippen LogP contribution in [0.2, 0.25) is 0 Å². The number of hydrogen-bond acceptors (Lipinski definition) is 4. The highest BCUT2D eigenvalue weighted by atomic mass is 16.4. The lowest BCUT2D eigenvalue weighted by Crippen LogP contribution is -2.30. The minimum absolute atomic E-state index is 0.0233. The maximum Gasteiger partial charge on any atom is 0.188 e. The number of benzene rings is 1. The van der Waals surface area contributed by atoms with E-state index in [2.05, 4.69) is 40.2 Å². The van der Waals surface area contributed by atoms with Crippen LogP contribution in [0.1, 0.15) is 18.2 Å². The Hall–Kier alpha value is -2.56. The summed E-state index contributed by atoms with van der Waals surface area (Å²) in [5.74, 6) is 0.593. The van der Waals surface area contributed by atoms with Crippen LogP contribution >= 0.6 is 0 Å². The summed E-state index contributed by atoms with van der Waals surface area (Å²) in [7, 11) is 0. The number of anilines is 2. The van der Waals surface area contributed by atoms with Crippen LogP contribution in [0.4, 0.5) is 11.4 Å². The quantitative estimate of drug-likeness (QED) is 0.384. The van der Waals surface area contributed by atoms with E-state index in [4.69, 9.17) is 10.9 Å². The molecule has 1 aliphatic heterocycles. The molecule has 0 saturated carbocycles. The van der Waals surface area contributed by atoms with Crippen LogP contribution in [0.5, 0.6) is 0 Å². The van der Waals surface area contributed by atoms with Crippen molar-refractivity contribution in [2.24, 2.45) is 16.8 Å². The van der Waals surface area contributed by atoms with Gasteiger partial charge in [0, 0.05) is 24.1 Å². The second-order valence-corrected chi connectivity index (χ2v) is 5.43. The number of fused-ring (bicyclic) bond motifs is 1. The van der Waals surface area contributed by atoms with Gasteiger partial charge in [-0.2, -0.15) is 0 Å². The Morgan fingerprint density at radius 3 is 3.00 bits per heavy atom. The van der Waals surface area contributed by atoms with Crippen molar-refractivity contribution in [2.75, 3.05) is 11.4 Å². The molecule has 0 radical (unpaired) electrons. The second-order valence-electron chi connectivity index (χ2n) is 5.43. The van der Waals surface area contributed by atoms with Crippen LogP contribution in [0.15, 0.2) is 47.8 Å². The Bertz CT molecular complexity index is 683. The summed E-state index contributed by atoms with van der Waals surface area (Å²) in [6.45, 7) is 3.19. The fraction of sp³-hybridized carbons (Fsp3) is 0.250. The van der Waals surface area contributed by atoms with Gasteiger partial charge in [0.05, 0.1) is 0 Å². The van der Waals surface area contributed by atoms with Crippen molar-refractivity contribution < 1.29 is 5.21 Å². The monoisotopic (exact) mass is 282 g/mol. The molecule has 0 bridgehead atoms. The fourth-order valence-corrected chi connectivity index (χ4v) is 2.82. The molecule has 2 aromatic rings. The predicted molar refractivity (Wildman–Crippen MR) is 83.1 cm³/mol. The molecule has 1 aromatic carbocycles. The Kier molecular flexibility index (Phi) is 3.48. The Labute approximate surface area is 123 Å². The summed E-state index contributed by atoms with van der Waals surface area (Å²) in [5, 5.41) is 11.8. The van der Waals surface area contributed by atoms with Gasteiger partial charge in [0.15, 0.2) is 5.84 Å². The van der Waals surface area contributed by atoms with Gasteiger partial charge in [0.1, 0.15) is 5.69 Å². The number of amidine groups is 1. The van der Waals surface area contributed by atoms with E-state index in [1.807, 2.05) is 18.2 Å². The summed E-state index contributed by atoms with van der Waals surface area (Å²) in [5.41, 5.74) is 9.68. The zero-order valence-electron chi connectivity index (χ0n) is 11.9. The number of nitrogens with two attached hydrogens (primary N) is 1. The van der Waals surface area contributed by atoms with Crippen molar-refractivity contribution in [1.82, 2.24) is 4.98 Å². The first-order chi connectivity index (χ1) is 10.2. The van der Waals surface area contributed by atoms with E-state index in [0.29, 0.717) is 11.6 Å². The molecule has 1 unspecified atom stereocenters. The molecular formula is C16H18N4O. The van der Waals surface area contributed by atoms with Gasteiger partial charge in [0.25, 0.3) is 0 Å². The highest BCUT2D eigenvalue weighted by Gasteiger charge is 2.22. The van der Waals surface area contributed by atoms with Gasteiger partial charge in [-0.3, -0.25) is 4.98 Å². The first kappa shape index (κ1) is 13.4. The number of rotatable bonds is 2. The lowest BCUT2D eigenvalue weighted by atomic mass is 9.93. The van der Waals surface area contributed by atoms with Crippen LogP contribution < -0.4 is 10.6 Å². The van der Waals surface area contributed by atoms with E-state index >= 15 is 0 Å². The maximum atomic E-state index is 8.80. The van der Waals surface area contributed by atoms with Crippen LogP contribution in [-0.2, 0) is 6.42 Å². The number of para-hydroxylation sites is 1. The Balaban J connectivity index is 2.05. The number of hydrogen-bond donors (Lipinski definition) is 2. The Morgan fingerprint density at radius 2 is 2.19 bits per heavy atom. The first-order valence-corrected chi connectivity index (χ1v) is 6.98. The third-order valence-corrected chi connectivity index (χ3v) is 3.77. The standard InChI is InChI=1S/C16H18N4O/c1-11-8-12-4-2-3-5-15(12)20(10-11)13-6-7-18-14(9-13)16(17)19-21/h2-7,9,11,21H,8,10H2,1H3,(H2,17,19). The Morgan fingerprint density at radius 1 is 1.38 bits per heavy atom. The summed E-state index contributed by atoms with van der Waals surface area (Å²) in [6, 6.07) is 12.2. The van der Waals surface area contributed by atoms with Gasteiger partial charge in [-0.1, -0.05) is 30.3 Å². The molecule has 0 aliphatic carbocycles. The first-order valence-electron chi connectivity index (χ1n) is 6.98. The number of nitrogens with zero attached hydrogens (tertiary/aromatic N) is 3. The third kappa shape index (κ3) is 2.54. The minimum atomic E-state index is 0.0233. The van der Waals surface area contributed by atoms with Gasteiger partial charge >= 0.3 is 0 Å². The summed E-state index contributed by atoms with van der Waals surface area (Å²) in [6.07, 6.45) is 2.77. The fourth-order valence-electron chi connectivity index (χ4n) is 2.82. The van der Waals surface area contributed by atoms with Crippen LogP contribution in [0, 0.1) is 5.92 Å². The SMILES string of the molecule is CC1Cc2ccccc2N(c2ccnc(C(N)=NO)c2)C1. The van der Waals surface area contributed by atoms with E-state index in [1.165, 1.54) is 11.3 Å². The van der Waals surface area contributed by atoms with E-state index in [0.717, 1.165) is 18.7 Å². The van der Waals surface area contributed by atoms with Crippen molar-refractivity contribution in [3.63, 3.8) is 0 Å². The molecule has 0 saturated heterocycles. The zero-order valence-corrected chi connectivity index (χ0v) is 11.9. The zero-order chi connectivity index (χ0) is 14.8. The average molecular weight is 282 g/mol. The molecule has 0 spiro atoms. The van der Waals surface area contributed by atoms with E-state index in [-0.39, 0.29) is 5.84 Å². The molecule has 2 heterocycles. The number of pyridine rings is 1. The number of oxime groups is 1. The van der Waals surface area contributed by atoms with Gasteiger partial charge in [-0.15, -0.1) is 0 Å². The summed E-state index contributed by atoms with van der Waals surface area (Å²) >= 11 is 0. The molecule has 1 aliphatic rings. The van der Waals surface area contributed by atoms with Crippen molar-refractivity contribution in [3.05, 3.63) is 53.9 Å². The van der Waals surface area contributed by atoms with E-state index in [1.54, 1.807) is 6.20 Å². The van der Waals surface area contributed by atoms with Gasteiger partial charge in [0.2, 0.25) is 0 Å². The largest absolute Gasteiger partial charge is 0.409 e. The summed E-state index contributed by atoms with van der Waals surface area (Å²) < 4.78 is 0. The molecule has 5 nitrogen and oxygen atoms in total. The smallest absolute Gasteiger partial charge is 0.188 e. The number of aromatic nitrogens is 1. The third-order valence-electron chi connectivity index (χ3n) is 3.77. The highest BCUT2D eigenvalue weighted by molar-refractivity contribution is 5.96. The van der Waals surface area contributed by atoms with Crippen molar-refractivity contribution in [3.8, 4) is 0 Å². The van der Waals surface area contributed by atoms with E-state index in [9.17, 15) is 0 Å².